The largest absolute Gasteiger partial charge is 0.508 e. The number of nitriles is 1. The molecule has 134 valence electrons. The van der Waals surface area contributed by atoms with Crippen molar-refractivity contribution in [3.8, 4) is 11.8 Å². The van der Waals surface area contributed by atoms with E-state index in [1.807, 2.05) is 6.07 Å². The Labute approximate surface area is 151 Å². The molecule has 0 heterocycles. The zero-order valence-electron chi connectivity index (χ0n) is 15.4. The summed E-state index contributed by atoms with van der Waals surface area (Å²) in [6, 6.07) is 6.65. The minimum Gasteiger partial charge on any atom is -0.508 e. The smallest absolute Gasteiger partial charge is 0.121 e. The zero-order valence-corrected chi connectivity index (χ0v) is 15.4. The van der Waals surface area contributed by atoms with E-state index in [4.69, 9.17) is 4.74 Å². The molecule has 0 aromatic heterocycles. The van der Waals surface area contributed by atoms with Crippen molar-refractivity contribution < 1.29 is 9.84 Å². The van der Waals surface area contributed by atoms with Crippen LogP contribution < -0.4 is 0 Å². The number of methoxy groups -OCH3 is 1. The second kappa shape index (κ2) is 6.32. The van der Waals surface area contributed by atoms with E-state index in [1.165, 1.54) is 43.2 Å². The van der Waals surface area contributed by atoms with Gasteiger partial charge in [-0.1, -0.05) is 6.92 Å². The van der Waals surface area contributed by atoms with Crippen LogP contribution in [0.1, 0.15) is 68.1 Å². The van der Waals surface area contributed by atoms with E-state index in [2.05, 4.69) is 19.1 Å². The van der Waals surface area contributed by atoms with E-state index in [1.54, 1.807) is 7.11 Å². The third-order valence-corrected chi connectivity index (χ3v) is 7.76. The first kappa shape index (κ1) is 16.9. The highest BCUT2D eigenvalue weighted by Crippen LogP contribution is 2.63. The molecule has 0 aliphatic heterocycles. The highest BCUT2D eigenvalue weighted by Gasteiger charge is 2.54. The Balaban J connectivity index is 1.66. The summed E-state index contributed by atoms with van der Waals surface area (Å²) in [5.74, 6) is 3.11. The van der Waals surface area contributed by atoms with Crippen LogP contribution in [0.4, 0.5) is 0 Å². The molecule has 0 bridgehead atoms. The maximum Gasteiger partial charge on any atom is 0.121 e. The molecule has 1 N–H and O–H groups in total. The van der Waals surface area contributed by atoms with Gasteiger partial charge in [0.15, 0.2) is 0 Å². The normalized spacial score (nSPS) is 36.2. The van der Waals surface area contributed by atoms with Crippen LogP contribution in [0.15, 0.2) is 12.1 Å². The molecule has 4 rings (SSSR count). The summed E-state index contributed by atoms with van der Waals surface area (Å²) in [5.41, 5.74) is 4.09. The van der Waals surface area contributed by atoms with E-state index in [9.17, 15) is 10.4 Å². The minimum atomic E-state index is 0.362. The number of phenols is 1. The van der Waals surface area contributed by atoms with Crippen LogP contribution >= 0.6 is 0 Å². The molecular weight excluding hydrogens is 310 g/mol. The van der Waals surface area contributed by atoms with Crippen molar-refractivity contribution in [2.24, 2.45) is 23.2 Å². The molecule has 5 atom stereocenters. The van der Waals surface area contributed by atoms with E-state index < -0.39 is 0 Å². The predicted octanol–water partition coefficient (Wildman–Crippen LogP) is 4.92. The monoisotopic (exact) mass is 339 g/mol. The molecule has 0 saturated heterocycles. The van der Waals surface area contributed by atoms with Gasteiger partial charge in [0.2, 0.25) is 0 Å². The van der Waals surface area contributed by atoms with Crippen molar-refractivity contribution >= 4 is 0 Å². The highest BCUT2D eigenvalue weighted by atomic mass is 16.5. The standard InChI is InChI=1S/C22H29NO2/c1-22-9-7-17-18(20(22)6-4-16(22)8-10-23)5-3-14-12-21(24)15(13-25-2)11-19(14)17/h11-12,16-18,20,24H,3-9,13H2,1-2H3/t16-,17+,18-,20+,22-/m1/s1. The second-order valence-electron chi connectivity index (χ2n) is 8.71. The lowest BCUT2D eigenvalue weighted by Gasteiger charge is -2.51. The Hall–Kier alpha value is -1.53. The SMILES string of the molecule is COCc1cc2c(cc1O)CC[C@@H]1[C@@H]2CC[C@]2(C)[C@@H](CC#N)CC[C@@H]12. The van der Waals surface area contributed by atoms with Gasteiger partial charge in [0, 0.05) is 19.1 Å². The lowest BCUT2D eigenvalue weighted by molar-refractivity contribution is 0.0296. The zero-order chi connectivity index (χ0) is 17.6. The van der Waals surface area contributed by atoms with E-state index >= 15 is 0 Å². The maximum atomic E-state index is 10.3. The summed E-state index contributed by atoms with van der Waals surface area (Å²) in [4.78, 5) is 0. The number of nitrogens with zero attached hydrogens (tertiary/aromatic N) is 1. The molecule has 2 fully saturated rings. The van der Waals surface area contributed by atoms with Gasteiger partial charge < -0.3 is 9.84 Å². The van der Waals surface area contributed by atoms with Gasteiger partial charge in [0.05, 0.1) is 12.7 Å². The topological polar surface area (TPSA) is 53.2 Å². The third kappa shape index (κ3) is 2.57. The Bertz CT molecular complexity index is 707. The van der Waals surface area contributed by atoms with Gasteiger partial charge in [0.1, 0.15) is 5.75 Å². The van der Waals surface area contributed by atoms with E-state index in [-0.39, 0.29) is 0 Å². The van der Waals surface area contributed by atoms with Crippen molar-refractivity contribution in [1.82, 2.24) is 0 Å². The molecule has 25 heavy (non-hydrogen) atoms. The first-order chi connectivity index (χ1) is 12.1. The molecule has 0 radical (unpaired) electrons. The van der Waals surface area contributed by atoms with Gasteiger partial charge in [0.25, 0.3) is 0 Å². The number of rotatable bonds is 3. The number of aryl methyl sites for hydroxylation is 1. The molecule has 0 unspecified atom stereocenters. The van der Waals surface area contributed by atoms with Gasteiger partial charge >= 0.3 is 0 Å². The number of fused-ring (bicyclic) bond motifs is 5. The Morgan fingerprint density at radius 3 is 2.88 bits per heavy atom. The number of phenolic OH excluding ortho intramolecular Hbond substituents is 1. The van der Waals surface area contributed by atoms with Crippen molar-refractivity contribution in [2.75, 3.05) is 7.11 Å². The summed E-state index contributed by atoms with van der Waals surface area (Å²) >= 11 is 0. The number of hydrogen-bond donors (Lipinski definition) is 1. The highest BCUT2D eigenvalue weighted by molar-refractivity contribution is 5.45. The average molecular weight is 339 g/mol. The van der Waals surface area contributed by atoms with Gasteiger partial charge in [-0.3, -0.25) is 0 Å². The Morgan fingerprint density at radius 1 is 1.28 bits per heavy atom. The number of benzene rings is 1. The summed E-state index contributed by atoms with van der Waals surface area (Å²) in [6.07, 6.45) is 8.03. The Kier molecular flexibility index (Phi) is 4.28. The summed E-state index contributed by atoms with van der Waals surface area (Å²) in [6.45, 7) is 2.94. The second-order valence-corrected chi connectivity index (χ2v) is 8.71. The van der Waals surface area contributed by atoms with Crippen LogP contribution in [-0.2, 0) is 17.8 Å². The lowest BCUT2D eigenvalue weighted by Crippen LogP contribution is -2.42. The number of aromatic hydroxyl groups is 1. The number of ether oxygens (including phenoxy) is 1. The fraction of sp³-hybridized carbons (Fsp3) is 0.682. The van der Waals surface area contributed by atoms with Crippen LogP contribution in [0.25, 0.3) is 0 Å². The van der Waals surface area contributed by atoms with Gasteiger partial charge in [-0.15, -0.1) is 0 Å². The van der Waals surface area contributed by atoms with Gasteiger partial charge in [-0.25, -0.2) is 0 Å². The number of hydrogen-bond acceptors (Lipinski definition) is 3. The van der Waals surface area contributed by atoms with Crippen LogP contribution in [0.5, 0.6) is 5.75 Å². The minimum absolute atomic E-state index is 0.362. The molecule has 3 heteroatoms. The van der Waals surface area contributed by atoms with Crippen molar-refractivity contribution in [3.63, 3.8) is 0 Å². The molecule has 0 spiro atoms. The maximum absolute atomic E-state index is 10.3. The molecule has 2 saturated carbocycles. The summed E-state index contributed by atoms with van der Waals surface area (Å²) < 4.78 is 5.27. The van der Waals surface area contributed by atoms with Gasteiger partial charge in [-0.05, 0) is 90.9 Å². The van der Waals surface area contributed by atoms with Crippen LogP contribution in [0.3, 0.4) is 0 Å². The molecule has 3 nitrogen and oxygen atoms in total. The quantitative estimate of drug-likeness (QED) is 0.850. The Morgan fingerprint density at radius 2 is 2.12 bits per heavy atom. The van der Waals surface area contributed by atoms with Crippen molar-refractivity contribution in [1.29, 1.82) is 5.26 Å². The van der Waals surface area contributed by atoms with E-state index in [0.717, 1.165) is 30.2 Å². The predicted molar refractivity (Wildman–Crippen MR) is 97.2 cm³/mol. The van der Waals surface area contributed by atoms with Crippen molar-refractivity contribution in [3.05, 3.63) is 28.8 Å². The van der Waals surface area contributed by atoms with Crippen LogP contribution in [0.2, 0.25) is 0 Å². The first-order valence-corrected chi connectivity index (χ1v) is 9.79. The van der Waals surface area contributed by atoms with Crippen LogP contribution in [-0.4, -0.2) is 12.2 Å². The van der Waals surface area contributed by atoms with Gasteiger partial charge in [-0.2, -0.15) is 5.26 Å². The fourth-order valence-corrected chi connectivity index (χ4v) is 6.48. The van der Waals surface area contributed by atoms with Crippen LogP contribution in [0, 0.1) is 34.5 Å². The summed E-state index contributed by atoms with van der Waals surface area (Å²) in [5, 5.41) is 19.5. The fourth-order valence-electron chi connectivity index (χ4n) is 6.48. The molecule has 0 amide bonds. The molecule has 1 aromatic rings. The molecule has 3 aliphatic rings. The molecule has 3 aliphatic carbocycles. The third-order valence-electron chi connectivity index (χ3n) is 7.76. The van der Waals surface area contributed by atoms with Crippen molar-refractivity contribution in [2.45, 2.75) is 64.4 Å². The molecule has 1 aromatic carbocycles. The molecular formula is C22H29NO2. The first-order valence-electron chi connectivity index (χ1n) is 9.79. The average Bonchev–Trinajstić information content (AvgIpc) is 2.93. The lowest BCUT2D eigenvalue weighted by atomic mass is 9.54. The van der Waals surface area contributed by atoms with E-state index in [0.29, 0.717) is 29.6 Å². The summed E-state index contributed by atoms with van der Waals surface area (Å²) in [7, 11) is 1.68.